The van der Waals surface area contributed by atoms with Crippen LogP contribution in [0.5, 0.6) is 0 Å². The van der Waals surface area contributed by atoms with E-state index in [1.807, 2.05) is 18.2 Å². The molecular weight excluding hydrogens is 294 g/mol. The standard InChI is InChI=1S/C14H18ClN3OS/c1-10(19)18(8-4-7-17(2)3)14-16-12-6-5-11(15)9-13(12)20-14/h5-6,9H,4,7-8H2,1-3H3/p+1. The number of carbonyl (C=O) groups is 1. The molecule has 0 saturated heterocycles. The molecule has 0 aliphatic rings. The van der Waals surface area contributed by atoms with Crippen LogP contribution in [0.4, 0.5) is 5.13 Å². The molecule has 1 N–H and O–H groups in total. The number of hydrogen-bond acceptors (Lipinski definition) is 3. The van der Waals surface area contributed by atoms with Crippen molar-refractivity contribution >= 4 is 44.2 Å². The second-order valence-electron chi connectivity index (χ2n) is 5.09. The monoisotopic (exact) mass is 312 g/mol. The molecular formula is C14H19ClN3OS+. The van der Waals surface area contributed by atoms with Crippen LogP contribution in [-0.4, -0.2) is 38.1 Å². The van der Waals surface area contributed by atoms with E-state index in [9.17, 15) is 4.79 Å². The Morgan fingerprint density at radius 3 is 2.85 bits per heavy atom. The normalized spacial score (nSPS) is 11.2. The molecule has 20 heavy (non-hydrogen) atoms. The smallest absolute Gasteiger partial charge is 0.225 e. The lowest BCUT2D eigenvalue weighted by Crippen LogP contribution is -3.05. The van der Waals surface area contributed by atoms with Gasteiger partial charge < -0.3 is 4.90 Å². The fraction of sp³-hybridized carbons (Fsp3) is 0.429. The topological polar surface area (TPSA) is 37.6 Å². The highest BCUT2D eigenvalue weighted by atomic mass is 35.5. The average Bonchev–Trinajstić information content (AvgIpc) is 2.76. The molecule has 1 aromatic heterocycles. The van der Waals surface area contributed by atoms with Gasteiger partial charge in [0.25, 0.3) is 0 Å². The van der Waals surface area contributed by atoms with Gasteiger partial charge in [-0.05, 0) is 18.2 Å². The lowest BCUT2D eigenvalue weighted by Gasteiger charge is -2.18. The van der Waals surface area contributed by atoms with Crippen molar-refractivity contribution in [3.8, 4) is 0 Å². The maximum Gasteiger partial charge on any atom is 0.225 e. The van der Waals surface area contributed by atoms with E-state index in [4.69, 9.17) is 11.6 Å². The first-order valence-corrected chi connectivity index (χ1v) is 7.80. The van der Waals surface area contributed by atoms with Gasteiger partial charge in [0.15, 0.2) is 5.13 Å². The minimum absolute atomic E-state index is 0.0314. The van der Waals surface area contributed by atoms with E-state index in [1.54, 1.807) is 11.8 Å². The zero-order valence-electron chi connectivity index (χ0n) is 11.9. The first-order valence-electron chi connectivity index (χ1n) is 6.60. The summed E-state index contributed by atoms with van der Waals surface area (Å²) in [7, 11) is 4.22. The summed E-state index contributed by atoms with van der Waals surface area (Å²) in [5, 5.41) is 1.45. The summed E-state index contributed by atoms with van der Waals surface area (Å²) >= 11 is 7.49. The highest BCUT2D eigenvalue weighted by Gasteiger charge is 2.16. The van der Waals surface area contributed by atoms with Gasteiger partial charge in [-0.25, -0.2) is 4.98 Å². The van der Waals surface area contributed by atoms with Crippen LogP contribution in [0.1, 0.15) is 13.3 Å². The molecule has 108 valence electrons. The predicted molar refractivity (Wildman–Crippen MR) is 85.0 cm³/mol. The van der Waals surface area contributed by atoms with Crippen LogP contribution in [0.15, 0.2) is 18.2 Å². The van der Waals surface area contributed by atoms with Crippen molar-refractivity contribution in [1.29, 1.82) is 0 Å². The molecule has 1 aromatic carbocycles. The summed E-state index contributed by atoms with van der Waals surface area (Å²) in [4.78, 5) is 19.5. The molecule has 0 aliphatic carbocycles. The van der Waals surface area contributed by atoms with Crippen LogP contribution in [0.25, 0.3) is 10.2 Å². The number of fused-ring (bicyclic) bond motifs is 1. The molecule has 0 bridgehead atoms. The maximum atomic E-state index is 11.8. The van der Waals surface area contributed by atoms with E-state index >= 15 is 0 Å². The van der Waals surface area contributed by atoms with E-state index < -0.39 is 0 Å². The number of hydrogen-bond donors (Lipinski definition) is 1. The van der Waals surface area contributed by atoms with Crippen molar-refractivity contribution < 1.29 is 9.69 Å². The zero-order chi connectivity index (χ0) is 14.7. The molecule has 0 saturated carbocycles. The van der Waals surface area contributed by atoms with Gasteiger partial charge >= 0.3 is 0 Å². The van der Waals surface area contributed by atoms with E-state index in [2.05, 4.69) is 19.1 Å². The SMILES string of the molecule is CC(=O)N(CCC[NH+](C)C)c1nc2ccc(Cl)cc2s1. The molecule has 4 nitrogen and oxygen atoms in total. The van der Waals surface area contributed by atoms with Crippen LogP contribution in [0.3, 0.4) is 0 Å². The Kier molecular flexibility index (Phi) is 4.96. The lowest BCUT2D eigenvalue weighted by molar-refractivity contribution is -0.858. The van der Waals surface area contributed by atoms with Gasteiger partial charge in [-0.15, -0.1) is 0 Å². The van der Waals surface area contributed by atoms with E-state index in [1.165, 1.54) is 16.2 Å². The van der Waals surface area contributed by atoms with Crippen molar-refractivity contribution in [3.05, 3.63) is 23.2 Å². The molecule has 0 atom stereocenters. The number of nitrogens with zero attached hydrogens (tertiary/aromatic N) is 2. The number of amides is 1. The quantitative estimate of drug-likeness (QED) is 0.915. The van der Waals surface area contributed by atoms with Crippen molar-refractivity contribution in [3.63, 3.8) is 0 Å². The molecule has 0 spiro atoms. The van der Waals surface area contributed by atoms with E-state index in [0.29, 0.717) is 11.6 Å². The second-order valence-corrected chi connectivity index (χ2v) is 6.54. The van der Waals surface area contributed by atoms with Crippen LogP contribution >= 0.6 is 22.9 Å². The van der Waals surface area contributed by atoms with Gasteiger partial charge in [0.1, 0.15) is 0 Å². The summed E-state index contributed by atoms with van der Waals surface area (Å²) in [6.45, 7) is 3.32. The van der Waals surface area contributed by atoms with Gasteiger partial charge in [0.05, 0.1) is 30.9 Å². The van der Waals surface area contributed by atoms with Crippen LogP contribution in [-0.2, 0) is 4.79 Å². The van der Waals surface area contributed by atoms with Gasteiger partial charge in [-0.2, -0.15) is 0 Å². The average molecular weight is 313 g/mol. The number of aromatic nitrogens is 1. The Hall–Kier alpha value is -1.17. The number of halogens is 1. The van der Waals surface area contributed by atoms with Crippen molar-refractivity contribution in [2.24, 2.45) is 0 Å². The maximum absolute atomic E-state index is 11.8. The molecule has 2 rings (SSSR count). The number of carbonyl (C=O) groups excluding carboxylic acids is 1. The van der Waals surface area contributed by atoms with Crippen LogP contribution < -0.4 is 9.80 Å². The van der Waals surface area contributed by atoms with Crippen molar-refractivity contribution in [2.45, 2.75) is 13.3 Å². The summed E-state index contributed by atoms with van der Waals surface area (Å²) in [6, 6.07) is 5.60. The van der Waals surface area contributed by atoms with Crippen LogP contribution in [0, 0.1) is 0 Å². The Morgan fingerprint density at radius 1 is 1.45 bits per heavy atom. The highest BCUT2D eigenvalue weighted by Crippen LogP contribution is 2.30. The molecule has 0 aliphatic heterocycles. The number of quaternary nitrogens is 1. The predicted octanol–water partition coefficient (Wildman–Crippen LogP) is 1.84. The summed E-state index contributed by atoms with van der Waals surface area (Å²) in [5.41, 5.74) is 0.888. The number of rotatable bonds is 5. The van der Waals surface area contributed by atoms with Crippen molar-refractivity contribution in [1.82, 2.24) is 4.98 Å². The molecule has 6 heteroatoms. The second kappa shape index (κ2) is 6.52. The Bertz CT molecular complexity index is 611. The summed E-state index contributed by atoms with van der Waals surface area (Å²) in [6.07, 6.45) is 0.957. The van der Waals surface area contributed by atoms with Gasteiger partial charge in [0.2, 0.25) is 5.91 Å². The number of thiazole rings is 1. The fourth-order valence-corrected chi connectivity index (χ4v) is 3.29. The zero-order valence-corrected chi connectivity index (χ0v) is 13.5. The van der Waals surface area contributed by atoms with Crippen molar-refractivity contribution in [2.75, 3.05) is 32.1 Å². The Morgan fingerprint density at radius 2 is 2.20 bits per heavy atom. The van der Waals surface area contributed by atoms with Gasteiger partial charge in [-0.1, -0.05) is 22.9 Å². The third-order valence-corrected chi connectivity index (χ3v) is 4.28. The summed E-state index contributed by atoms with van der Waals surface area (Å²) in [5.74, 6) is 0.0314. The Labute approximate surface area is 128 Å². The van der Waals surface area contributed by atoms with E-state index in [-0.39, 0.29) is 5.91 Å². The first kappa shape index (κ1) is 15.2. The number of anilines is 1. The molecule has 0 fully saturated rings. The molecule has 0 radical (unpaired) electrons. The van der Waals surface area contributed by atoms with Gasteiger partial charge in [0, 0.05) is 24.9 Å². The van der Waals surface area contributed by atoms with E-state index in [0.717, 1.165) is 28.3 Å². The number of nitrogens with one attached hydrogen (secondary N) is 1. The van der Waals surface area contributed by atoms with Gasteiger partial charge in [-0.3, -0.25) is 9.69 Å². The highest BCUT2D eigenvalue weighted by molar-refractivity contribution is 7.22. The van der Waals surface area contributed by atoms with Crippen LogP contribution in [0.2, 0.25) is 5.02 Å². The third-order valence-electron chi connectivity index (χ3n) is 3.01. The first-order chi connectivity index (χ1) is 9.47. The fourth-order valence-electron chi connectivity index (χ4n) is 1.98. The summed E-state index contributed by atoms with van der Waals surface area (Å²) < 4.78 is 1.01. The molecule has 1 amide bonds. The minimum Gasteiger partial charge on any atom is -0.340 e. The third kappa shape index (κ3) is 3.69. The minimum atomic E-state index is 0.0314. The molecule has 1 heterocycles. The Balaban J connectivity index is 2.20. The molecule has 0 unspecified atom stereocenters. The number of benzene rings is 1. The largest absolute Gasteiger partial charge is 0.340 e. The lowest BCUT2D eigenvalue weighted by atomic mass is 10.3. The molecule has 2 aromatic rings.